The number of thiocarbonyl (C=S) groups is 1. The molecule has 0 aromatic heterocycles. The van der Waals surface area contributed by atoms with Gasteiger partial charge in [-0.15, -0.1) is 0 Å². The van der Waals surface area contributed by atoms with Crippen LogP contribution in [0.4, 0.5) is 5.69 Å². The molecule has 2 rings (SSSR count). The minimum absolute atomic E-state index is 0.235. The van der Waals surface area contributed by atoms with Gasteiger partial charge in [-0.3, -0.25) is 0 Å². The summed E-state index contributed by atoms with van der Waals surface area (Å²) in [6, 6.07) is 16.5. The van der Waals surface area contributed by atoms with E-state index in [0.29, 0.717) is 5.11 Å². The van der Waals surface area contributed by atoms with Crippen LogP contribution in [0.5, 0.6) is 5.75 Å². The number of benzene rings is 2. The van der Waals surface area contributed by atoms with Gasteiger partial charge in [-0.2, -0.15) is 0 Å². The Bertz CT molecular complexity index is 671. The van der Waals surface area contributed by atoms with Crippen molar-refractivity contribution in [3.05, 3.63) is 59.7 Å². The number of ether oxygens (including phenoxy) is 1. The average molecular weight is 345 g/mol. The molecule has 0 radical (unpaired) electrons. The fraction of sp³-hybridized carbons (Fsp3) is 0.316. The summed E-state index contributed by atoms with van der Waals surface area (Å²) in [7, 11) is 5.97. The summed E-state index contributed by atoms with van der Waals surface area (Å²) in [5, 5.41) is 7.17. The van der Waals surface area contributed by atoms with Crippen molar-refractivity contribution >= 4 is 23.0 Å². The van der Waals surface area contributed by atoms with E-state index in [1.54, 1.807) is 7.11 Å². The molecule has 0 spiro atoms. The highest BCUT2D eigenvalue weighted by Gasteiger charge is 2.21. The highest BCUT2D eigenvalue weighted by molar-refractivity contribution is 7.80. The number of quaternary nitrogens is 1. The third-order valence-electron chi connectivity index (χ3n) is 3.99. The molecule has 4 nitrogen and oxygen atoms in total. The molecule has 0 aliphatic heterocycles. The van der Waals surface area contributed by atoms with E-state index in [-0.39, 0.29) is 6.04 Å². The average Bonchev–Trinajstić information content (AvgIpc) is 2.57. The topological polar surface area (TPSA) is 37.7 Å². The highest BCUT2D eigenvalue weighted by atomic mass is 32.1. The van der Waals surface area contributed by atoms with Gasteiger partial charge in [-0.1, -0.05) is 29.8 Å². The van der Waals surface area contributed by atoms with E-state index in [4.69, 9.17) is 17.0 Å². The molecule has 24 heavy (non-hydrogen) atoms. The van der Waals surface area contributed by atoms with Gasteiger partial charge in [0.1, 0.15) is 11.8 Å². The van der Waals surface area contributed by atoms with Gasteiger partial charge in [-0.25, -0.2) is 0 Å². The lowest BCUT2D eigenvalue weighted by atomic mass is 10.0. The van der Waals surface area contributed by atoms with Gasteiger partial charge in [0.25, 0.3) is 0 Å². The Morgan fingerprint density at radius 3 is 2.42 bits per heavy atom. The number of para-hydroxylation sites is 1. The molecule has 128 valence electrons. The van der Waals surface area contributed by atoms with E-state index < -0.39 is 0 Å². The van der Waals surface area contributed by atoms with Gasteiger partial charge < -0.3 is 20.3 Å². The fourth-order valence-electron chi connectivity index (χ4n) is 2.59. The SMILES string of the molecule is COc1ccccc1[C@H](CNC(=S)Nc1ccc(C)cc1)[NH+](C)C. The number of rotatable bonds is 6. The maximum Gasteiger partial charge on any atom is 0.171 e. The smallest absolute Gasteiger partial charge is 0.171 e. The van der Waals surface area contributed by atoms with Gasteiger partial charge in [0.2, 0.25) is 0 Å². The van der Waals surface area contributed by atoms with Crippen LogP contribution in [-0.4, -0.2) is 32.9 Å². The predicted octanol–water partition coefficient (Wildman–Crippen LogP) is 2.18. The molecule has 0 heterocycles. The summed E-state index contributed by atoms with van der Waals surface area (Å²) in [6.45, 7) is 2.79. The van der Waals surface area contributed by atoms with Crippen molar-refractivity contribution in [1.29, 1.82) is 0 Å². The molecule has 0 aliphatic rings. The van der Waals surface area contributed by atoms with Crippen LogP contribution in [0, 0.1) is 6.92 Å². The summed E-state index contributed by atoms with van der Waals surface area (Å²) in [6.07, 6.45) is 0. The van der Waals surface area contributed by atoms with Crippen LogP contribution in [0.2, 0.25) is 0 Å². The van der Waals surface area contributed by atoms with Crippen molar-refractivity contribution in [3.8, 4) is 5.75 Å². The Labute approximate surface area is 149 Å². The van der Waals surface area contributed by atoms with Crippen molar-refractivity contribution < 1.29 is 9.64 Å². The van der Waals surface area contributed by atoms with Crippen LogP contribution < -0.4 is 20.3 Å². The molecule has 0 amide bonds. The number of methoxy groups -OCH3 is 1. The molecule has 0 saturated heterocycles. The van der Waals surface area contributed by atoms with Crippen LogP contribution in [0.15, 0.2) is 48.5 Å². The molecule has 2 aromatic carbocycles. The predicted molar refractivity (Wildman–Crippen MR) is 104 cm³/mol. The van der Waals surface area contributed by atoms with E-state index in [1.807, 2.05) is 30.3 Å². The van der Waals surface area contributed by atoms with Crippen molar-refractivity contribution in [2.45, 2.75) is 13.0 Å². The van der Waals surface area contributed by atoms with E-state index in [1.165, 1.54) is 16.0 Å². The highest BCUT2D eigenvalue weighted by Crippen LogP contribution is 2.22. The van der Waals surface area contributed by atoms with E-state index in [0.717, 1.165) is 18.0 Å². The van der Waals surface area contributed by atoms with E-state index >= 15 is 0 Å². The number of hydrogen-bond acceptors (Lipinski definition) is 2. The van der Waals surface area contributed by atoms with Crippen molar-refractivity contribution in [3.63, 3.8) is 0 Å². The zero-order valence-electron chi connectivity index (χ0n) is 14.7. The quantitative estimate of drug-likeness (QED) is 0.702. The first kappa shape index (κ1) is 18.2. The van der Waals surface area contributed by atoms with Crippen molar-refractivity contribution in [2.75, 3.05) is 33.1 Å². The molecule has 0 aliphatic carbocycles. The van der Waals surface area contributed by atoms with Crippen LogP contribution in [0.1, 0.15) is 17.2 Å². The Kier molecular flexibility index (Phi) is 6.58. The fourth-order valence-corrected chi connectivity index (χ4v) is 2.79. The third-order valence-corrected chi connectivity index (χ3v) is 4.23. The van der Waals surface area contributed by atoms with Gasteiger partial charge in [0, 0.05) is 5.69 Å². The van der Waals surface area contributed by atoms with Gasteiger partial charge in [0.05, 0.1) is 33.3 Å². The van der Waals surface area contributed by atoms with E-state index in [9.17, 15) is 0 Å². The van der Waals surface area contributed by atoms with Gasteiger partial charge >= 0.3 is 0 Å². The molecule has 2 aromatic rings. The van der Waals surface area contributed by atoms with Crippen LogP contribution in [0.25, 0.3) is 0 Å². The minimum atomic E-state index is 0.235. The zero-order chi connectivity index (χ0) is 17.5. The summed E-state index contributed by atoms with van der Waals surface area (Å²) >= 11 is 5.42. The number of likely N-dealkylation sites (N-methyl/N-ethyl adjacent to an activating group) is 1. The normalized spacial score (nSPS) is 11.9. The molecule has 3 N–H and O–H groups in total. The second-order valence-corrected chi connectivity index (χ2v) is 6.48. The molecule has 1 atom stereocenters. The van der Waals surface area contributed by atoms with Crippen LogP contribution in [0.3, 0.4) is 0 Å². The van der Waals surface area contributed by atoms with Crippen molar-refractivity contribution in [1.82, 2.24) is 5.32 Å². The number of aryl methyl sites for hydroxylation is 1. The lowest BCUT2D eigenvalue weighted by molar-refractivity contribution is -0.890. The number of hydrogen-bond donors (Lipinski definition) is 3. The van der Waals surface area contributed by atoms with Gasteiger partial charge in [-0.05, 0) is 43.4 Å². The summed E-state index contributed by atoms with van der Waals surface area (Å²) in [4.78, 5) is 1.31. The summed E-state index contributed by atoms with van der Waals surface area (Å²) in [5.41, 5.74) is 3.39. The molecule has 0 bridgehead atoms. The Morgan fingerprint density at radius 1 is 1.12 bits per heavy atom. The van der Waals surface area contributed by atoms with Crippen molar-refractivity contribution in [2.24, 2.45) is 0 Å². The first-order valence-corrected chi connectivity index (χ1v) is 8.46. The maximum atomic E-state index is 5.50. The minimum Gasteiger partial charge on any atom is -0.496 e. The summed E-state index contributed by atoms with van der Waals surface area (Å²) < 4.78 is 5.50. The summed E-state index contributed by atoms with van der Waals surface area (Å²) in [5.74, 6) is 0.905. The number of anilines is 1. The second-order valence-electron chi connectivity index (χ2n) is 6.07. The largest absolute Gasteiger partial charge is 0.496 e. The maximum absolute atomic E-state index is 5.50. The van der Waals surface area contributed by atoms with Crippen LogP contribution >= 0.6 is 12.2 Å². The number of nitrogens with one attached hydrogen (secondary N) is 3. The first-order valence-electron chi connectivity index (χ1n) is 8.05. The molecular formula is C19H26N3OS+. The monoisotopic (exact) mass is 344 g/mol. The standard InChI is InChI=1S/C19H25N3OS/c1-14-9-11-15(12-10-14)21-19(24)20-13-17(22(2)3)16-7-5-6-8-18(16)23-4/h5-12,17H,13H2,1-4H3,(H2,20,21,24)/p+1/t17-/m0/s1. The van der Waals surface area contributed by atoms with Gasteiger partial charge in [0.15, 0.2) is 5.11 Å². The molecule has 0 saturated carbocycles. The lowest BCUT2D eigenvalue weighted by Crippen LogP contribution is -3.07. The second kappa shape index (κ2) is 8.66. The van der Waals surface area contributed by atoms with E-state index in [2.05, 4.69) is 49.9 Å². The molecule has 5 heteroatoms. The molecule has 0 fully saturated rings. The Hall–Kier alpha value is -2.11. The third kappa shape index (κ3) is 4.94. The Morgan fingerprint density at radius 2 is 1.79 bits per heavy atom. The zero-order valence-corrected chi connectivity index (χ0v) is 15.5. The van der Waals surface area contributed by atoms with Crippen LogP contribution in [-0.2, 0) is 0 Å². The molecule has 0 unspecified atom stereocenters. The molecular weight excluding hydrogens is 318 g/mol. The lowest BCUT2D eigenvalue weighted by Gasteiger charge is -2.24. The Balaban J connectivity index is 2.01. The first-order chi connectivity index (χ1) is 11.5.